The second-order valence-electron chi connectivity index (χ2n) is 10.5. The highest BCUT2D eigenvalue weighted by molar-refractivity contribution is 5.95. The summed E-state index contributed by atoms with van der Waals surface area (Å²) in [4.78, 5) is 38.4. The van der Waals surface area contributed by atoms with Crippen molar-refractivity contribution in [3.05, 3.63) is 71.3 Å². The average molecular weight is 551 g/mol. The quantitative estimate of drug-likeness (QED) is 0.301. The van der Waals surface area contributed by atoms with Crippen LogP contribution in [-0.2, 0) is 17.9 Å². The van der Waals surface area contributed by atoms with Crippen molar-refractivity contribution in [2.45, 2.75) is 64.1 Å². The Bertz CT molecular complexity index is 1220. The van der Waals surface area contributed by atoms with Crippen molar-refractivity contribution in [2.75, 3.05) is 19.7 Å². The molecule has 4 rings (SSSR count). The molecule has 0 saturated heterocycles. The Hall–Kier alpha value is -3.85. The minimum absolute atomic E-state index is 0.0155. The molecule has 1 aliphatic heterocycles. The second kappa shape index (κ2) is 14.0. The van der Waals surface area contributed by atoms with Crippen LogP contribution in [0.5, 0.6) is 11.5 Å². The van der Waals surface area contributed by atoms with Gasteiger partial charge >= 0.3 is 11.9 Å². The van der Waals surface area contributed by atoms with Gasteiger partial charge in [0.1, 0.15) is 18.3 Å². The van der Waals surface area contributed by atoms with E-state index in [-0.39, 0.29) is 49.0 Å². The zero-order valence-electron chi connectivity index (χ0n) is 22.8. The summed E-state index contributed by atoms with van der Waals surface area (Å²) in [7, 11) is 0. The minimum atomic E-state index is -1.14. The first kappa shape index (κ1) is 29.1. The number of carbonyl (C=O) groups is 3. The molecular formula is C31H38N2O7. The molecule has 2 aromatic rings. The van der Waals surface area contributed by atoms with Crippen LogP contribution in [0.1, 0.15) is 76.8 Å². The van der Waals surface area contributed by atoms with Crippen LogP contribution in [0.4, 0.5) is 0 Å². The highest BCUT2D eigenvalue weighted by Crippen LogP contribution is 2.38. The predicted molar refractivity (Wildman–Crippen MR) is 150 cm³/mol. The molecule has 0 bridgehead atoms. The molecule has 1 aliphatic carbocycles. The Labute approximate surface area is 234 Å². The van der Waals surface area contributed by atoms with E-state index >= 15 is 0 Å². The normalized spacial score (nSPS) is 16.9. The van der Waals surface area contributed by atoms with Crippen LogP contribution in [0.15, 0.2) is 49.1 Å². The van der Waals surface area contributed by atoms with Gasteiger partial charge in [-0.3, -0.25) is 14.5 Å². The van der Waals surface area contributed by atoms with Gasteiger partial charge in [-0.2, -0.15) is 0 Å². The zero-order chi connectivity index (χ0) is 28.5. The number of aromatic carboxylic acids is 1. The van der Waals surface area contributed by atoms with E-state index in [1.807, 2.05) is 29.2 Å². The summed E-state index contributed by atoms with van der Waals surface area (Å²) in [6.45, 7) is 5.80. The van der Waals surface area contributed by atoms with Crippen molar-refractivity contribution in [2.24, 2.45) is 5.92 Å². The molecular weight excluding hydrogens is 512 g/mol. The molecule has 2 aliphatic rings. The van der Waals surface area contributed by atoms with E-state index in [1.54, 1.807) is 18.2 Å². The Balaban J connectivity index is 1.49. The van der Waals surface area contributed by atoms with E-state index < -0.39 is 18.0 Å². The van der Waals surface area contributed by atoms with Crippen LogP contribution >= 0.6 is 0 Å². The lowest BCUT2D eigenvalue weighted by Crippen LogP contribution is -2.32. The van der Waals surface area contributed by atoms with E-state index in [2.05, 4.69) is 11.9 Å². The molecule has 40 heavy (non-hydrogen) atoms. The van der Waals surface area contributed by atoms with Crippen molar-refractivity contribution in [3.8, 4) is 11.5 Å². The summed E-state index contributed by atoms with van der Waals surface area (Å²) in [5, 5.41) is 22.1. The average Bonchev–Trinajstić information content (AvgIpc) is 2.95. The number of ether oxygens (including phenoxy) is 2. The number of carbonyl (C=O) groups excluding carboxylic acids is 1. The van der Waals surface area contributed by atoms with Crippen LogP contribution < -0.4 is 14.8 Å². The van der Waals surface area contributed by atoms with Crippen LogP contribution in [0.25, 0.3) is 0 Å². The van der Waals surface area contributed by atoms with Gasteiger partial charge in [-0.15, -0.1) is 6.58 Å². The number of carboxylic acid groups (broad SMARTS) is 2. The number of benzene rings is 2. The molecule has 3 N–H and O–H groups in total. The molecule has 2 aromatic carbocycles. The number of nitrogens with zero attached hydrogens (tertiary/aromatic N) is 1. The van der Waals surface area contributed by atoms with E-state index in [1.165, 1.54) is 19.3 Å². The summed E-state index contributed by atoms with van der Waals surface area (Å²) >= 11 is 0. The van der Waals surface area contributed by atoms with Gasteiger partial charge in [0.2, 0.25) is 0 Å². The molecule has 9 nitrogen and oxygen atoms in total. The fraction of sp³-hybridized carbons (Fsp3) is 0.452. The molecule has 1 fully saturated rings. The van der Waals surface area contributed by atoms with Gasteiger partial charge in [0.25, 0.3) is 5.91 Å². The van der Waals surface area contributed by atoms with Crippen molar-refractivity contribution in [1.29, 1.82) is 0 Å². The number of hydrogen-bond acceptors (Lipinski definition) is 6. The van der Waals surface area contributed by atoms with E-state index in [0.717, 1.165) is 18.4 Å². The van der Waals surface area contributed by atoms with Gasteiger partial charge in [0.15, 0.2) is 11.5 Å². The SMILES string of the molecule is C=CCN(Cc1ccccc1C(=O)NCC1CCCCC1)Cc1ccc2c(c1C(=O)O)OC[C@H](CCC(=O)O)O2. The van der Waals surface area contributed by atoms with Crippen LogP contribution in [0.3, 0.4) is 0 Å². The van der Waals surface area contributed by atoms with Gasteiger partial charge in [0, 0.05) is 38.2 Å². The molecule has 214 valence electrons. The molecule has 0 spiro atoms. The molecule has 1 heterocycles. The van der Waals surface area contributed by atoms with E-state index in [9.17, 15) is 19.5 Å². The molecule has 1 saturated carbocycles. The van der Waals surface area contributed by atoms with Crippen molar-refractivity contribution >= 4 is 17.8 Å². The maximum Gasteiger partial charge on any atom is 0.339 e. The lowest BCUT2D eigenvalue weighted by molar-refractivity contribution is -0.137. The maximum absolute atomic E-state index is 13.1. The van der Waals surface area contributed by atoms with Crippen LogP contribution in [0, 0.1) is 5.92 Å². The standard InChI is InChI=1S/C31H38N2O7/c1-2-16-33(18-22-10-6-7-11-25(22)30(36)32-17-21-8-4-3-5-9-21)19-23-12-14-26-29(28(23)31(37)38)39-20-24(40-26)13-15-27(34)35/h2,6-7,10-12,14,21,24H,1,3-5,8-9,13,15-20H2,(H,32,36)(H,34,35)(H,37,38)/t24-/m0/s1. The Kier molecular flexibility index (Phi) is 10.2. The number of carboxylic acids is 2. The van der Waals surface area contributed by atoms with Crippen LogP contribution in [0.2, 0.25) is 0 Å². The fourth-order valence-corrected chi connectivity index (χ4v) is 5.48. The lowest BCUT2D eigenvalue weighted by Gasteiger charge is -2.29. The molecule has 0 aromatic heterocycles. The van der Waals surface area contributed by atoms with E-state index in [0.29, 0.717) is 36.7 Å². The van der Waals surface area contributed by atoms with Crippen molar-refractivity contribution in [3.63, 3.8) is 0 Å². The third kappa shape index (κ3) is 7.63. The van der Waals surface area contributed by atoms with E-state index in [4.69, 9.17) is 14.6 Å². The number of rotatable bonds is 13. The summed E-state index contributed by atoms with van der Waals surface area (Å²) in [5.41, 5.74) is 2.02. The zero-order valence-corrected chi connectivity index (χ0v) is 22.8. The van der Waals surface area contributed by atoms with Gasteiger partial charge < -0.3 is 25.0 Å². The van der Waals surface area contributed by atoms with Gasteiger partial charge in [-0.1, -0.05) is 49.6 Å². The topological polar surface area (TPSA) is 125 Å². The second-order valence-corrected chi connectivity index (χ2v) is 10.5. The first-order chi connectivity index (χ1) is 19.4. The number of fused-ring (bicyclic) bond motifs is 1. The maximum atomic E-state index is 13.1. The van der Waals surface area contributed by atoms with Crippen LogP contribution in [-0.4, -0.2) is 58.8 Å². The largest absolute Gasteiger partial charge is 0.485 e. The number of amides is 1. The van der Waals surface area contributed by atoms with Gasteiger partial charge in [0.05, 0.1) is 0 Å². The monoisotopic (exact) mass is 550 g/mol. The number of hydrogen-bond donors (Lipinski definition) is 3. The first-order valence-electron chi connectivity index (χ1n) is 14.0. The lowest BCUT2D eigenvalue weighted by atomic mass is 9.89. The smallest absolute Gasteiger partial charge is 0.339 e. The molecule has 0 radical (unpaired) electrons. The third-order valence-electron chi connectivity index (χ3n) is 7.52. The highest BCUT2D eigenvalue weighted by atomic mass is 16.6. The summed E-state index contributed by atoms with van der Waals surface area (Å²) < 4.78 is 11.7. The fourth-order valence-electron chi connectivity index (χ4n) is 5.48. The van der Waals surface area contributed by atoms with Crippen molar-refractivity contribution in [1.82, 2.24) is 10.2 Å². The Morgan fingerprint density at radius 1 is 1.02 bits per heavy atom. The first-order valence-corrected chi connectivity index (χ1v) is 14.0. The van der Waals surface area contributed by atoms with Crippen molar-refractivity contribution < 1.29 is 34.1 Å². The number of aliphatic carboxylic acids is 1. The Morgan fingerprint density at radius 2 is 1.77 bits per heavy atom. The molecule has 1 atom stereocenters. The molecule has 1 amide bonds. The summed E-state index contributed by atoms with van der Waals surface area (Å²) in [6.07, 6.45) is 7.50. The van der Waals surface area contributed by atoms with Gasteiger partial charge in [-0.05, 0) is 48.4 Å². The van der Waals surface area contributed by atoms with Gasteiger partial charge in [-0.25, -0.2) is 4.79 Å². The molecule has 0 unspecified atom stereocenters. The Morgan fingerprint density at radius 3 is 2.50 bits per heavy atom. The minimum Gasteiger partial charge on any atom is -0.485 e. The summed E-state index contributed by atoms with van der Waals surface area (Å²) in [6, 6.07) is 10.9. The third-order valence-corrected chi connectivity index (χ3v) is 7.52. The predicted octanol–water partition coefficient (Wildman–Crippen LogP) is 4.89. The number of nitrogens with one attached hydrogen (secondary N) is 1. The molecule has 9 heteroatoms. The highest BCUT2D eigenvalue weighted by Gasteiger charge is 2.29. The summed E-state index contributed by atoms with van der Waals surface area (Å²) in [5.74, 6) is -1.19.